The van der Waals surface area contributed by atoms with Crippen LogP contribution < -0.4 is 0 Å². The largest absolute Gasteiger partial charge is 0.386 e. The van der Waals surface area contributed by atoms with E-state index in [0.717, 1.165) is 36.0 Å². The molecule has 0 radical (unpaired) electrons. The predicted molar refractivity (Wildman–Crippen MR) is 101 cm³/mol. The molecule has 1 atom stereocenters. The Morgan fingerprint density at radius 1 is 1.24 bits per heavy atom. The summed E-state index contributed by atoms with van der Waals surface area (Å²) in [7, 11) is 2.11. The fourth-order valence-electron chi connectivity index (χ4n) is 3.69. The summed E-state index contributed by atoms with van der Waals surface area (Å²) in [5.74, 6) is 0. The number of aliphatic hydroxyl groups is 1. The molecule has 0 saturated carbocycles. The Morgan fingerprint density at radius 2 is 2.04 bits per heavy atom. The number of rotatable bonds is 3. The van der Waals surface area contributed by atoms with Crippen molar-refractivity contribution in [3.8, 4) is 0 Å². The lowest BCUT2D eigenvalue weighted by Crippen LogP contribution is -2.27. The zero-order chi connectivity index (χ0) is 17.6. The van der Waals surface area contributed by atoms with Crippen molar-refractivity contribution in [1.29, 1.82) is 0 Å². The summed E-state index contributed by atoms with van der Waals surface area (Å²) in [5.41, 5.74) is 4.14. The summed E-state index contributed by atoms with van der Waals surface area (Å²) in [6.07, 6.45) is 3.66. The molecule has 1 aliphatic heterocycles. The SMILES string of the molecule is CN1CCc2c(c3c(Cl)ccc(Cl)c3n2CC(O)c2cccnc2)C1. The molecule has 3 heterocycles. The van der Waals surface area contributed by atoms with E-state index in [0.29, 0.717) is 16.6 Å². The summed E-state index contributed by atoms with van der Waals surface area (Å²) < 4.78 is 2.14. The van der Waals surface area contributed by atoms with Gasteiger partial charge in [0.1, 0.15) is 0 Å². The highest BCUT2D eigenvalue weighted by atomic mass is 35.5. The van der Waals surface area contributed by atoms with E-state index >= 15 is 0 Å². The molecule has 1 unspecified atom stereocenters. The molecule has 130 valence electrons. The number of fused-ring (bicyclic) bond motifs is 3. The van der Waals surface area contributed by atoms with E-state index in [-0.39, 0.29) is 0 Å². The van der Waals surface area contributed by atoms with Crippen molar-refractivity contribution in [2.45, 2.75) is 25.6 Å². The van der Waals surface area contributed by atoms with Gasteiger partial charge in [-0.1, -0.05) is 29.3 Å². The second-order valence-electron chi connectivity index (χ2n) is 6.58. The van der Waals surface area contributed by atoms with Gasteiger partial charge in [-0.15, -0.1) is 0 Å². The molecule has 4 nitrogen and oxygen atoms in total. The maximum atomic E-state index is 10.7. The molecule has 0 bridgehead atoms. The third-order valence-electron chi connectivity index (χ3n) is 4.91. The van der Waals surface area contributed by atoms with Gasteiger partial charge in [-0.05, 0) is 30.8 Å². The second kappa shape index (κ2) is 6.61. The number of nitrogens with zero attached hydrogens (tertiary/aromatic N) is 3. The van der Waals surface area contributed by atoms with E-state index in [1.807, 2.05) is 24.3 Å². The highest BCUT2D eigenvalue weighted by Gasteiger charge is 2.26. The zero-order valence-electron chi connectivity index (χ0n) is 13.9. The Morgan fingerprint density at radius 3 is 2.80 bits per heavy atom. The molecule has 0 aliphatic carbocycles. The van der Waals surface area contributed by atoms with Gasteiger partial charge >= 0.3 is 0 Å². The smallest absolute Gasteiger partial charge is 0.0983 e. The van der Waals surface area contributed by atoms with Gasteiger partial charge in [0.25, 0.3) is 0 Å². The molecule has 3 aromatic rings. The van der Waals surface area contributed by atoms with Crippen LogP contribution in [0.15, 0.2) is 36.7 Å². The average molecular weight is 376 g/mol. The van der Waals surface area contributed by atoms with Crippen molar-refractivity contribution in [3.05, 3.63) is 63.5 Å². The lowest BCUT2D eigenvalue weighted by atomic mass is 10.0. The number of likely N-dealkylation sites (N-methyl/N-ethyl adjacent to an activating group) is 1. The Kier molecular flexibility index (Phi) is 4.46. The fraction of sp³-hybridized carbons (Fsp3) is 0.316. The normalized spacial score (nSPS) is 16.2. The van der Waals surface area contributed by atoms with Gasteiger partial charge in [0, 0.05) is 48.5 Å². The van der Waals surface area contributed by atoms with E-state index < -0.39 is 6.10 Å². The van der Waals surface area contributed by atoms with Crippen LogP contribution in [0.3, 0.4) is 0 Å². The fourth-order valence-corrected chi connectivity index (χ4v) is 4.22. The molecule has 1 N–H and O–H groups in total. The van der Waals surface area contributed by atoms with Crippen molar-refractivity contribution in [2.75, 3.05) is 13.6 Å². The number of halogens is 2. The van der Waals surface area contributed by atoms with Crippen LogP contribution in [0.2, 0.25) is 10.0 Å². The van der Waals surface area contributed by atoms with Crippen molar-refractivity contribution in [3.63, 3.8) is 0 Å². The van der Waals surface area contributed by atoms with E-state index in [9.17, 15) is 5.11 Å². The third-order valence-corrected chi connectivity index (χ3v) is 5.53. The minimum atomic E-state index is -0.650. The van der Waals surface area contributed by atoms with E-state index in [2.05, 4.69) is 21.5 Å². The Labute approximate surface area is 156 Å². The molecule has 0 spiro atoms. The highest BCUT2D eigenvalue weighted by Crippen LogP contribution is 2.39. The number of benzene rings is 1. The van der Waals surface area contributed by atoms with E-state index in [4.69, 9.17) is 23.2 Å². The highest BCUT2D eigenvalue weighted by molar-refractivity contribution is 6.40. The number of aromatic nitrogens is 2. The maximum Gasteiger partial charge on any atom is 0.0983 e. The van der Waals surface area contributed by atoms with Crippen molar-refractivity contribution in [2.24, 2.45) is 0 Å². The first-order valence-corrected chi connectivity index (χ1v) is 9.06. The van der Waals surface area contributed by atoms with Gasteiger partial charge in [-0.3, -0.25) is 4.98 Å². The predicted octanol–water partition coefficient (Wildman–Crippen LogP) is 4.06. The molecule has 1 aromatic carbocycles. The van der Waals surface area contributed by atoms with Gasteiger partial charge in [0.05, 0.1) is 28.2 Å². The lowest BCUT2D eigenvalue weighted by molar-refractivity contribution is 0.156. The van der Waals surface area contributed by atoms with Gasteiger partial charge in [-0.2, -0.15) is 0 Å². The number of hydrogen-bond acceptors (Lipinski definition) is 3. The zero-order valence-corrected chi connectivity index (χ0v) is 15.4. The van der Waals surface area contributed by atoms with Crippen LogP contribution >= 0.6 is 23.2 Å². The summed E-state index contributed by atoms with van der Waals surface area (Å²) in [5, 5.41) is 13.1. The van der Waals surface area contributed by atoms with E-state index in [1.165, 1.54) is 11.3 Å². The van der Waals surface area contributed by atoms with Crippen LogP contribution in [-0.4, -0.2) is 33.1 Å². The van der Waals surface area contributed by atoms with Gasteiger partial charge in [0.15, 0.2) is 0 Å². The van der Waals surface area contributed by atoms with Crippen molar-refractivity contribution >= 4 is 34.1 Å². The number of pyridine rings is 1. The maximum absolute atomic E-state index is 10.7. The van der Waals surface area contributed by atoms with Crippen LogP contribution in [-0.2, 0) is 19.5 Å². The molecule has 0 amide bonds. The number of aliphatic hydroxyl groups excluding tert-OH is 1. The Bertz CT molecular complexity index is 924. The van der Waals surface area contributed by atoms with Crippen LogP contribution in [0.5, 0.6) is 0 Å². The second-order valence-corrected chi connectivity index (χ2v) is 7.39. The topological polar surface area (TPSA) is 41.3 Å². The summed E-state index contributed by atoms with van der Waals surface area (Å²) in [6.45, 7) is 2.24. The molecule has 25 heavy (non-hydrogen) atoms. The standard InChI is InChI=1S/C19H19Cl2N3O/c1-23-8-6-16-13(10-23)18-14(20)4-5-15(21)19(18)24(16)11-17(25)12-3-2-7-22-9-12/h2-5,7,9,17,25H,6,8,10-11H2,1H3. The molecular formula is C19H19Cl2N3O. The Hall–Kier alpha value is -1.59. The summed E-state index contributed by atoms with van der Waals surface area (Å²) in [6, 6.07) is 7.40. The van der Waals surface area contributed by atoms with Crippen LogP contribution in [0.4, 0.5) is 0 Å². The number of hydrogen-bond donors (Lipinski definition) is 1. The third kappa shape index (κ3) is 2.93. The van der Waals surface area contributed by atoms with Gasteiger partial charge < -0.3 is 14.6 Å². The minimum absolute atomic E-state index is 0.432. The van der Waals surface area contributed by atoms with Crippen molar-refractivity contribution < 1.29 is 5.11 Å². The first-order chi connectivity index (χ1) is 12.1. The Balaban J connectivity index is 1.87. The minimum Gasteiger partial charge on any atom is -0.386 e. The summed E-state index contributed by atoms with van der Waals surface area (Å²) >= 11 is 13.1. The van der Waals surface area contributed by atoms with Gasteiger partial charge in [0.2, 0.25) is 0 Å². The molecule has 0 saturated heterocycles. The van der Waals surface area contributed by atoms with Crippen molar-refractivity contribution in [1.82, 2.24) is 14.5 Å². The summed E-state index contributed by atoms with van der Waals surface area (Å²) in [4.78, 5) is 6.38. The van der Waals surface area contributed by atoms with Crippen LogP contribution in [0.1, 0.15) is 22.9 Å². The van der Waals surface area contributed by atoms with Crippen LogP contribution in [0, 0.1) is 0 Å². The van der Waals surface area contributed by atoms with Crippen LogP contribution in [0.25, 0.3) is 10.9 Å². The first kappa shape index (κ1) is 16.9. The van der Waals surface area contributed by atoms with E-state index in [1.54, 1.807) is 12.4 Å². The quantitative estimate of drug-likeness (QED) is 0.750. The molecule has 0 fully saturated rings. The lowest BCUT2D eigenvalue weighted by Gasteiger charge is -2.25. The molecule has 1 aliphatic rings. The molecular weight excluding hydrogens is 357 g/mol. The monoisotopic (exact) mass is 375 g/mol. The molecule has 4 rings (SSSR count). The molecule has 2 aromatic heterocycles. The molecule has 6 heteroatoms. The van der Waals surface area contributed by atoms with Gasteiger partial charge in [-0.25, -0.2) is 0 Å². The average Bonchev–Trinajstić information content (AvgIpc) is 2.93. The first-order valence-electron chi connectivity index (χ1n) is 8.30.